The van der Waals surface area contributed by atoms with Crippen LogP contribution in [0.25, 0.3) is 11.2 Å². The first-order valence-electron chi connectivity index (χ1n) is 8.72. The number of nitrogens with zero attached hydrogens (tertiary/aromatic N) is 6. The van der Waals surface area contributed by atoms with Gasteiger partial charge in [-0.1, -0.05) is 0 Å². The molecular formula is C18H19FN6. The van der Waals surface area contributed by atoms with Crippen LogP contribution in [0.1, 0.15) is 18.9 Å². The topological polar surface area (TPSA) is 50.1 Å². The van der Waals surface area contributed by atoms with Crippen molar-refractivity contribution in [2.75, 3.05) is 36.0 Å². The van der Waals surface area contributed by atoms with Crippen molar-refractivity contribution >= 4 is 22.7 Å². The summed E-state index contributed by atoms with van der Waals surface area (Å²) in [5.74, 6) is 0.722. The van der Waals surface area contributed by atoms with Gasteiger partial charge < -0.3 is 14.4 Å². The molecule has 0 unspecified atom stereocenters. The van der Waals surface area contributed by atoms with Crippen LogP contribution in [0, 0.1) is 5.82 Å². The quantitative estimate of drug-likeness (QED) is 0.735. The average Bonchev–Trinajstić information content (AvgIpc) is 3.41. The molecule has 0 radical (unpaired) electrons. The summed E-state index contributed by atoms with van der Waals surface area (Å²) in [5.41, 5.74) is 2.89. The van der Waals surface area contributed by atoms with Crippen molar-refractivity contribution in [2.24, 2.45) is 0 Å². The summed E-state index contributed by atoms with van der Waals surface area (Å²) < 4.78 is 15.3. The largest absolute Gasteiger partial charge is 0.368 e. The molecule has 1 aromatic carbocycles. The molecular weight excluding hydrogens is 319 g/mol. The van der Waals surface area contributed by atoms with Crippen molar-refractivity contribution in [1.29, 1.82) is 0 Å². The molecule has 3 aromatic rings. The summed E-state index contributed by atoms with van der Waals surface area (Å²) in [6.07, 6.45) is 5.96. The standard InChI is InChI=1S/C18H19FN6/c19-13-1-3-14(4-2-13)23-7-9-24(10-8-23)17-16-18(21-11-20-17)25(12-22-16)15-5-6-15/h1-4,11-12,15H,5-10H2. The van der Waals surface area contributed by atoms with Crippen LogP contribution in [0.4, 0.5) is 15.9 Å². The summed E-state index contributed by atoms with van der Waals surface area (Å²) in [6.45, 7) is 3.47. The molecule has 1 saturated carbocycles. The van der Waals surface area contributed by atoms with Gasteiger partial charge >= 0.3 is 0 Å². The summed E-state index contributed by atoms with van der Waals surface area (Å²) in [4.78, 5) is 18.1. The number of hydrogen-bond donors (Lipinski definition) is 0. The van der Waals surface area contributed by atoms with E-state index in [0.717, 1.165) is 48.8 Å². The SMILES string of the molecule is Fc1ccc(N2CCN(c3ncnc4c3ncn4C3CC3)CC2)cc1. The molecule has 5 rings (SSSR count). The highest BCUT2D eigenvalue weighted by Crippen LogP contribution is 2.37. The Kier molecular flexibility index (Phi) is 3.33. The van der Waals surface area contributed by atoms with Crippen LogP contribution in [0.2, 0.25) is 0 Å². The lowest BCUT2D eigenvalue weighted by molar-refractivity contribution is 0.624. The zero-order valence-electron chi connectivity index (χ0n) is 13.8. The molecule has 128 valence electrons. The molecule has 2 aromatic heterocycles. The van der Waals surface area contributed by atoms with E-state index in [-0.39, 0.29) is 5.82 Å². The third kappa shape index (κ3) is 2.59. The monoisotopic (exact) mass is 338 g/mol. The minimum absolute atomic E-state index is 0.197. The van der Waals surface area contributed by atoms with Crippen molar-refractivity contribution in [3.05, 3.63) is 42.7 Å². The van der Waals surface area contributed by atoms with Gasteiger partial charge in [0.1, 0.15) is 12.1 Å². The van der Waals surface area contributed by atoms with E-state index in [1.54, 1.807) is 6.33 Å². The molecule has 0 N–H and O–H groups in total. The van der Waals surface area contributed by atoms with Gasteiger partial charge in [0.15, 0.2) is 17.0 Å². The number of rotatable bonds is 3. The lowest BCUT2D eigenvalue weighted by atomic mass is 10.2. The second-order valence-electron chi connectivity index (χ2n) is 6.70. The van der Waals surface area contributed by atoms with Crippen LogP contribution >= 0.6 is 0 Å². The van der Waals surface area contributed by atoms with Crippen LogP contribution in [0.3, 0.4) is 0 Å². The van der Waals surface area contributed by atoms with E-state index in [0.29, 0.717) is 6.04 Å². The van der Waals surface area contributed by atoms with Gasteiger partial charge in [0.25, 0.3) is 0 Å². The highest BCUT2D eigenvalue weighted by molar-refractivity contribution is 5.83. The van der Waals surface area contributed by atoms with Gasteiger partial charge in [-0.25, -0.2) is 19.3 Å². The number of anilines is 2. The molecule has 0 spiro atoms. The van der Waals surface area contributed by atoms with E-state index in [9.17, 15) is 4.39 Å². The normalized spacial score (nSPS) is 18.1. The predicted octanol–water partition coefficient (Wildman–Crippen LogP) is 2.63. The van der Waals surface area contributed by atoms with E-state index in [1.807, 2.05) is 18.5 Å². The first-order chi connectivity index (χ1) is 12.3. The number of benzene rings is 1. The fourth-order valence-corrected chi connectivity index (χ4v) is 3.52. The van der Waals surface area contributed by atoms with Gasteiger partial charge in [-0.3, -0.25) is 0 Å². The lowest BCUT2D eigenvalue weighted by Crippen LogP contribution is -2.47. The summed E-state index contributed by atoms with van der Waals surface area (Å²) in [6, 6.07) is 7.26. The van der Waals surface area contributed by atoms with Crippen molar-refractivity contribution in [3.8, 4) is 0 Å². The smallest absolute Gasteiger partial charge is 0.165 e. The second-order valence-corrected chi connectivity index (χ2v) is 6.70. The van der Waals surface area contributed by atoms with Gasteiger partial charge in [0, 0.05) is 37.9 Å². The number of halogens is 1. The molecule has 2 fully saturated rings. The molecule has 7 heteroatoms. The van der Waals surface area contributed by atoms with Gasteiger partial charge in [0.05, 0.1) is 6.33 Å². The Bertz CT molecular complexity index is 894. The summed E-state index contributed by atoms with van der Waals surface area (Å²) in [5, 5.41) is 0. The van der Waals surface area contributed by atoms with Crippen molar-refractivity contribution in [3.63, 3.8) is 0 Å². The molecule has 3 heterocycles. The van der Waals surface area contributed by atoms with Crippen LogP contribution < -0.4 is 9.80 Å². The summed E-state index contributed by atoms with van der Waals surface area (Å²) in [7, 11) is 0. The first-order valence-corrected chi connectivity index (χ1v) is 8.72. The molecule has 6 nitrogen and oxygen atoms in total. The third-order valence-electron chi connectivity index (χ3n) is 5.05. The van der Waals surface area contributed by atoms with Crippen LogP contribution in [0.5, 0.6) is 0 Å². The Labute approximate surface area is 144 Å². The Hall–Kier alpha value is -2.70. The Balaban J connectivity index is 1.37. The highest BCUT2D eigenvalue weighted by atomic mass is 19.1. The average molecular weight is 338 g/mol. The second kappa shape index (κ2) is 5.68. The van der Waals surface area contributed by atoms with E-state index >= 15 is 0 Å². The van der Waals surface area contributed by atoms with Crippen LogP contribution in [-0.4, -0.2) is 45.7 Å². The van der Waals surface area contributed by atoms with E-state index in [4.69, 9.17) is 0 Å². The molecule has 1 aliphatic heterocycles. The fourth-order valence-electron chi connectivity index (χ4n) is 3.52. The van der Waals surface area contributed by atoms with Gasteiger partial charge in [-0.2, -0.15) is 0 Å². The van der Waals surface area contributed by atoms with Crippen molar-refractivity contribution in [1.82, 2.24) is 19.5 Å². The first kappa shape index (κ1) is 14.6. The summed E-state index contributed by atoms with van der Waals surface area (Å²) >= 11 is 0. The van der Waals surface area contributed by atoms with Crippen LogP contribution in [-0.2, 0) is 0 Å². The molecule has 25 heavy (non-hydrogen) atoms. The minimum atomic E-state index is -0.197. The molecule has 1 aliphatic carbocycles. The highest BCUT2D eigenvalue weighted by Gasteiger charge is 2.27. The van der Waals surface area contributed by atoms with E-state index in [2.05, 4.69) is 29.3 Å². The van der Waals surface area contributed by atoms with Gasteiger partial charge in [-0.15, -0.1) is 0 Å². The van der Waals surface area contributed by atoms with Crippen LogP contribution in [0.15, 0.2) is 36.9 Å². The zero-order valence-corrected chi connectivity index (χ0v) is 13.8. The minimum Gasteiger partial charge on any atom is -0.368 e. The molecule has 0 amide bonds. The molecule has 0 bridgehead atoms. The maximum atomic E-state index is 13.1. The molecule has 2 aliphatic rings. The Morgan fingerprint density at radius 3 is 2.32 bits per heavy atom. The molecule has 1 saturated heterocycles. The molecule has 0 atom stereocenters. The third-order valence-corrected chi connectivity index (χ3v) is 5.05. The lowest BCUT2D eigenvalue weighted by Gasteiger charge is -2.36. The van der Waals surface area contributed by atoms with E-state index in [1.165, 1.54) is 25.0 Å². The number of piperazine rings is 1. The van der Waals surface area contributed by atoms with Gasteiger partial charge in [0.2, 0.25) is 0 Å². The number of fused-ring (bicyclic) bond motifs is 1. The predicted molar refractivity (Wildman–Crippen MR) is 94.4 cm³/mol. The fraction of sp³-hybridized carbons (Fsp3) is 0.389. The zero-order chi connectivity index (χ0) is 16.8. The number of imidazole rings is 1. The Morgan fingerprint density at radius 2 is 1.60 bits per heavy atom. The Morgan fingerprint density at radius 1 is 0.880 bits per heavy atom. The van der Waals surface area contributed by atoms with Crippen molar-refractivity contribution < 1.29 is 4.39 Å². The van der Waals surface area contributed by atoms with E-state index < -0.39 is 0 Å². The van der Waals surface area contributed by atoms with Crippen molar-refractivity contribution in [2.45, 2.75) is 18.9 Å². The maximum absolute atomic E-state index is 13.1. The van der Waals surface area contributed by atoms with Gasteiger partial charge in [-0.05, 0) is 37.1 Å². The number of hydrogen-bond acceptors (Lipinski definition) is 5. The maximum Gasteiger partial charge on any atom is 0.165 e. The number of aromatic nitrogens is 4.